The van der Waals surface area contributed by atoms with Crippen molar-refractivity contribution in [3.63, 3.8) is 0 Å². The van der Waals surface area contributed by atoms with E-state index < -0.39 is 9.84 Å². The lowest BCUT2D eigenvalue weighted by Gasteiger charge is -2.44. The van der Waals surface area contributed by atoms with Crippen LogP contribution < -0.4 is 5.73 Å². The number of hydrogen-bond acceptors (Lipinski definition) is 5. The molecular weight excluding hydrogens is 240 g/mol. The predicted octanol–water partition coefficient (Wildman–Crippen LogP) is -0.385. The average Bonchev–Trinajstić information content (AvgIpc) is 2.56. The second-order valence-corrected chi connectivity index (χ2v) is 7.26. The summed E-state index contributed by atoms with van der Waals surface area (Å²) in [7, 11) is -2.93. The Morgan fingerprint density at radius 2 is 2.06 bits per heavy atom. The molecule has 0 aromatic heterocycles. The summed E-state index contributed by atoms with van der Waals surface area (Å²) in [6.45, 7) is 3.57. The van der Waals surface area contributed by atoms with Crippen LogP contribution >= 0.6 is 0 Å². The van der Waals surface area contributed by atoms with Crippen molar-refractivity contribution in [1.82, 2.24) is 4.90 Å². The molecule has 2 fully saturated rings. The lowest BCUT2D eigenvalue weighted by Crippen LogP contribution is -2.60. The van der Waals surface area contributed by atoms with Crippen LogP contribution in [0, 0.1) is 0 Å². The Labute approximate surface area is 103 Å². The van der Waals surface area contributed by atoms with Gasteiger partial charge in [-0.3, -0.25) is 4.90 Å². The van der Waals surface area contributed by atoms with Crippen LogP contribution in [0.15, 0.2) is 0 Å². The van der Waals surface area contributed by atoms with Gasteiger partial charge in [-0.1, -0.05) is 0 Å². The van der Waals surface area contributed by atoms with Crippen molar-refractivity contribution in [2.24, 2.45) is 5.73 Å². The highest BCUT2D eigenvalue weighted by atomic mass is 32.2. The smallest absolute Gasteiger partial charge is 0.152 e. The van der Waals surface area contributed by atoms with Crippen LogP contribution in [-0.4, -0.2) is 63.2 Å². The van der Waals surface area contributed by atoms with Crippen molar-refractivity contribution in [1.29, 1.82) is 0 Å². The first-order valence-corrected chi connectivity index (χ1v) is 8.13. The quantitative estimate of drug-likeness (QED) is 0.734. The zero-order valence-electron chi connectivity index (χ0n) is 10.2. The van der Waals surface area contributed by atoms with Crippen molar-refractivity contribution < 1.29 is 13.2 Å². The van der Waals surface area contributed by atoms with E-state index in [1.54, 1.807) is 0 Å². The molecule has 5 nitrogen and oxygen atoms in total. The maximum Gasteiger partial charge on any atom is 0.152 e. The number of nitrogens with zero attached hydrogens (tertiary/aromatic N) is 1. The summed E-state index contributed by atoms with van der Waals surface area (Å²) in [5, 5.41) is 0. The largest absolute Gasteiger partial charge is 0.380 e. The van der Waals surface area contributed by atoms with Gasteiger partial charge in [-0.2, -0.15) is 0 Å². The Bertz CT molecular complexity index is 350. The van der Waals surface area contributed by atoms with Crippen LogP contribution in [0.3, 0.4) is 0 Å². The molecule has 0 radical (unpaired) electrons. The molecule has 6 heteroatoms. The second-order valence-electron chi connectivity index (χ2n) is 5.08. The van der Waals surface area contributed by atoms with Gasteiger partial charge in [-0.25, -0.2) is 8.42 Å². The summed E-state index contributed by atoms with van der Waals surface area (Å²) in [5.41, 5.74) is 5.55. The summed E-state index contributed by atoms with van der Waals surface area (Å²) in [5.74, 6) is 0.537. The molecule has 2 aliphatic rings. The highest BCUT2D eigenvalue weighted by Gasteiger charge is 2.42. The molecule has 100 valence electrons. The standard InChI is InChI=1S/C11H22N2O3S/c12-9-11(3-1-8-17(14,15)10-11)13-4-2-6-16-7-5-13/h1-10,12H2. The summed E-state index contributed by atoms with van der Waals surface area (Å²) >= 11 is 0. The molecule has 17 heavy (non-hydrogen) atoms. The third-order valence-electron chi connectivity index (χ3n) is 3.86. The SMILES string of the molecule is NCC1(N2CCCOCC2)CCCS(=O)(=O)C1. The maximum absolute atomic E-state index is 11.8. The van der Waals surface area contributed by atoms with Crippen molar-refractivity contribution in [2.75, 3.05) is 44.4 Å². The number of sulfone groups is 1. The van der Waals surface area contributed by atoms with Gasteiger partial charge in [0.2, 0.25) is 0 Å². The fourth-order valence-electron chi connectivity index (χ4n) is 2.93. The summed E-state index contributed by atoms with van der Waals surface area (Å²) in [6, 6.07) is 0. The highest BCUT2D eigenvalue weighted by Crippen LogP contribution is 2.29. The Hall–Kier alpha value is -0.170. The number of ether oxygens (including phenoxy) is 1. The van der Waals surface area contributed by atoms with E-state index in [0.717, 1.165) is 39.0 Å². The van der Waals surface area contributed by atoms with Gasteiger partial charge in [0.1, 0.15) is 0 Å². The number of nitrogens with two attached hydrogens (primary N) is 1. The van der Waals surface area contributed by atoms with Gasteiger partial charge in [0.25, 0.3) is 0 Å². The van der Waals surface area contributed by atoms with Gasteiger partial charge < -0.3 is 10.5 Å². The lowest BCUT2D eigenvalue weighted by atomic mass is 9.93. The second kappa shape index (κ2) is 5.22. The van der Waals surface area contributed by atoms with Crippen LogP contribution in [0.1, 0.15) is 19.3 Å². The van der Waals surface area contributed by atoms with Gasteiger partial charge in [0, 0.05) is 31.8 Å². The van der Waals surface area contributed by atoms with E-state index in [2.05, 4.69) is 4.90 Å². The van der Waals surface area contributed by atoms with Crippen LogP contribution in [0.2, 0.25) is 0 Å². The number of hydrogen-bond donors (Lipinski definition) is 1. The minimum absolute atomic E-state index is 0.219. The molecule has 0 bridgehead atoms. The zero-order valence-corrected chi connectivity index (χ0v) is 11.0. The minimum atomic E-state index is -2.93. The molecule has 1 atom stereocenters. The molecule has 0 saturated carbocycles. The zero-order chi connectivity index (χ0) is 12.4. The third-order valence-corrected chi connectivity index (χ3v) is 5.75. The van der Waals surface area contributed by atoms with Crippen LogP contribution in [-0.2, 0) is 14.6 Å². The summed E-state index contributed by atoms with van der Waals surface area (Å²) in [4.78, 5) is 2.25. The Balaban J connectivity index is 2.17. The average molecular weight is 262 g/mol. The monoisotopic (exact) mass is 262 g/mol. The minimum Gasteiger partial charge on any atom is -0.380 e. The lowest BCUT2D eigenvalue weighted by molar-refractivity contribution is 0.0869. The van der Waals surface area contributed by atoms with Gasteiger partial charge in [-0.15, -0.1) is 0 Å². The normalized spacial score (nSPS) is 35.4. The molecule has 2 aliphatic heterocycles. The van der Waals surface area contributed by atoms with E-state index in [1.807, 2.05) is 0 Å². The summed E-state index contributed by atoms with van der Waals surface area (Å²) < 4.78 is 29.1. The van der Waals surface area contributed by atoms with Crippen molar-refractivity contribution in [3.8, 4) is 0 Å². The van der Waals surface area contributed by atoms with Crippen molar-refractivity contribution in [2.45, 2.75) is 24.8 Å². The highest BCUT2D eigenvalue weighted by molar-refractivity contribution is 7.91. The molecular formula is C11H22N2O3S. The molecule has 2 N–H and O–H groups in total. The predicted molar refractivity (Wildman–Crippen MR) is 66.7 cm³/mol. The van der Waals surface area contributed by atoms with Gasteiger partial charge in [-0.05, 0) is 19.3 Å². The first kappa shape index (κ1) is 13.3. The molecule has 2 heterocycles. The molecule has 0 amide bonds. The third kappa shape index (κ3) is 2.99. The van der Waals surface area contributed by atoms with E-state index in [1.165, 1.54) is 0 Å². The van der Waals surface area contributed by atoms with Gasteiger partial charge in [0.15, 0.2) is 9.84 Å². The van der Waals surface area contributed by atoms with Crippen LogP contribution in [0.5, 0.6) is 0 Å². The topological polar surface area (TPSA) is 72.6 Å². The Morgan fingerprint density at radius 1 is 1.24 bits per heavy atom. The van der Waals surface area contributed by atoms with Crippen molar-refractivity contribution >= 4 is 9.84 Å². The van der Waals surface area contributed by atoms with Crippen LogP contribution in [0.4, 0.5) is 0 Å². The summed E-state index contributed by atoms with van der Waals surface area (Å²) in [6.07, 6.45) is 2.58. The molecule has 0 spiro atoms. The molecule has 1 unspecified atom stereocenters. The van der Waals surface area contributed by atoms with Gasteiger partial charge >= 0.3 is 0 Å². The first-order chi connectivity index (χ1) is 8.08. The molecule has 2 rings (SSSR count). The molecule has 0 aromatic carbocycles. The van der Waals surface area contributed by atoms with E-state index in [9.17, 15) is 8.42 Å². The Kier molecular flexibility index (Phi) is 4.07. The van der Waals surface area contributed by atoms with E-state index in [0.29, 0.717) is 18.9 Å². The van der Waals surface area contributed by atoms with Crippen LogP contribution in [0.25, 0.3) is 0 Å². The number of rotatable bonds is 2. The molecule has 0 aliphatic carbocycles. The van der Waals surface area contributed by atoms with E-state index >= 15 is 0 Å². The maximum atomic E-state index is 11.8. The molecule has 2 saturated heterocycles. The Morgan fingerprint density at radius 3 is 2.76 bits per heavy atom. The van der Waals surface area contributed by atoms with Gasteiger partial charge in [0.05, 0.1) is 18.1 Å². The molecule has 0 aromatic rings. The fraction of sp³-hybridized carbons (Fsp3) is 1.00. The van der Waals surface area contributed by atoms with E-state index in [4.69, 9.17) is 10.5 Å². The van der Waals surface area contributed by atoms with Crippen molar-refractivity contribution in [3.05, 3.63) is 0 Å². The fourth-order valence-corrected chi connectivity index (χ4v) is 4.93. The first-order valence-electron chi connectivity index (χ1n) is 6.31. The van der Waals surface area contributed by atoms with E-state index in [-0.39, 0.29) is 11.3 Å².